The van der Waals surface area contributed by atoms with Crippen LogP contribution in [0.4, 0.5) is 8.78 Å². The Balaban J connectivity index is 2.93. The summed E-state index contributed by atoms with van der Waals surface area (Å²) in [4.78, 5) is 0.600. The van der Waals surface area contributed by atoms with E-state index in [1.807, 2.05) is 4.72 Å². The lowest BCUT2D eigenvalue weighted by atomic mass is 10.5. The molecular formula is C7H9BrF2N2O2S2. The van der Waals surface area contributed by atoms with Gasteiger partial charge in [0.25, 0.3) is 6.43 Å². The number of hydrogen-bond acceptors (Lipinski definition) is 4. The van der Waals surface area contributed by atoms with Crippen molar-refractivity contribution < 1.29 is 17.2 Å². The molecule has 9 heteroatoms. The van der Waals surface area contributed by atoms with E-state index in [2.05, 4.69) is 15.9 Å². The summed E-state index contributed by atoms with van der Waals surface area (Å²) in [6.45, 7) is -0.698. The van der Waals surface area contributed by atoms with Gasteiger partial charge in [0.05, 0.1) is 10.3 Å². The van der Waals surface area contributed by atoms with Gasteiger partial charge in [-0.25, -0.2) is 21.9 Å². The van der Waals surface area contributed by atoms with Crippen LogP contribution in [0.15, 0.2) is 14.7 Å². The predicted octanol–water partition coefficient (Wildman–Crippen LogP) is 1.51. The minimum Gasteiger partial charge on any atom is -0.326 e. The molecule has 1 rings (SSSR count). The Bertz CT molecular complexity index is 461. The SMILES string of the molecule is NCc1cc(S(=O)(=O)NCC(F)F)c(Br)s1. The van der Waals surface area contributed by atoms with Gasteiger partial charge < -0.3 is 5.73 Å². The van der Waals surface area contributed by atoms with Crippen molar-refractivity contribution in [1.82, 2.24) is 4.72 Å². The van der Waals surface area contributed by atoms with Gasteiger partial charge in [-0.05, 0) is 22.0 Å². The first kappa shape index (κ1) is 14.0. The van der Waals surface area contributed by atoms with Crippen LogP contribution in [0.5, 0.6) is 0 Å². The van der Waals surface area contributed by atoms with E-state index < -0.39 is 23.0 Å². The van der Waals surface area contributed by atoms with E-state index in [-0.39, 0.29) is 11.4 Å². The van der Waals surface area contributed by atoms with Gasteiger partial charge in [0.15, 0.2) is 0 Å². The highest BCUT2D eigenvalue weighted by molar-refractivity contribution is 9.11. The number of rotatable bonds is 5. The van der Waals surface area contributed by atoms with Crippen molar-refractivity contribution in [2.24, 2.45) is 5.73 Å². The maximum Gasteiger partial charge on any atom is 0.251 e. The van der Waals surface area contributed by atoms with Gasteiger partial charge in [0.2, 0.25) is 10.0 Å². The number of hydrogen-bond donors (Lipinski definition) is 2. The average molecular weight is 335 g/mol. The second-order valence-electron chi connectivity index (χ2n) is 2.80. The Morgan fingerprint density at radius 2 is 2.19 bits per heavy atom. The predicted molar refractivity (Wildman–Crippen MR) is 61.1 cm³/mol. The zero-order chi connectivity index (χ0) is 12.3. The Labute approximate surface area is 104 Å². The van der Waals surface area contributed by atoms with Crippen LogP contribution in [0.2, 0.25) is 0 Å². The number of thiophene rings is 1. The lowest BCUT2D eigenvalue weighted by Crippen LogP contribution is -2.28. The summed E-state index contributed by atoms with van der Waals surface area (Å²) in [5.41, 5.74) is 5.35. The van der Waals surface area contributed by atoms with Crippen LogP contribution >= 0.6 is 27.3 Å². The van der Waals surface area contributed by atoms with Crippen molar-refractivity contribution in [1.29, 1.82) is 0 Å². The van der Waals surface area contributed by atoms with Crippen molar-refractivity contribution in [3.63, 3.8) is 0 Å². The van der Waals surface area contributed by atoms with Crippen LogP contribution in [0.1, 0.15) is 4.88 Å². The van der Waals surface area contributed by atoms with Crippen LogP contribution in [0, 0.1) is 0 Å². The summed E-state index contributed by atoms with van der Waals surface area (Å²) in [7, 11) is -3.90. The molecule has 0 unspecified atom stereocenters. The summed E-state index contributed by atoms with van der Waals surface area (Å²) < 4.78 is 49.1. The molecule has 0 amide bonds. The summed E-state index contributed by atoms with van der Waals surface area (Å²) in [5, 5.41) is 0. The summed E-state index contributed by atoms with van der Waals surface area (Å²) in [6.07, 6.45) is -2.72. The number of halogens is 3. The lowest BCUT2D eigenvalue weighted by Gasteiger charge is -2.04. The first-order chi connectivity index (χ1) is 7.36. The normalized spacial score (nSPS) is 12.3. The van der Waals surface area contributed by atoms with Crippen molar-refractivity contribution in [3.8, 4) is 0 Å². The van der Waals surface area contributed by atoms with E-state index >= 15 is 0 Å². The molecule has 0 aliphatic heterocycles. The van der Waals surface area contributed by atoms with Crippen LogP contribution < -0.4 is 10.5 Å². The first-order valence-corrected chi connectivity index (χ1v) is 7.22. The maximum absolute atomic E-state index is 11.9. The van der Waals surface area contributed by atoms with E-state index in [1.165, 1.54) is 6.07 Å². The van der Waals surface area contributed by atoms with Crippen LogP contribution in [0.25, 0.3) is 0 Å². The molecule has 1 aromatic rings. The molecule has 1 heterocycles. The number of sulfonamides is 1. The van der Waals surface area contributed by atoms with Gasteiger partial charge in [-0.3, -0.25) is 0 Å². The minimum absolute atomic E-state index is 0.0569. The number of alkyl halides is 2. The zero-order valence-electron chi connectivity index (χ0n) is 7.91. The molecule has 0 fully saturated rings. The monoisotopic (exact) mass is 334 g/mol. The third-order valence-corrected chi connectivity index (χ3v) is 5.32. The van der Waals surface area contributed by atoms with E-state index in [9.17, 15) is 17.2 Å². The summed E-state index contributed by atoms with van der Waals surface area (Å²) in [6, 6.07) is 1.36. The van der Waals surface area contributed by atoms with E-state index in [1.54, 1.807) is 0 Å². The third kappa shape index (κ3) is 3.45. The van der Waals surface area contributed by atoms with Gasteiger partial charge in [-0.15, -0.1) is 11.3 Å². The molecule has 4 nitrogen and oxygen atoms in total. The Kier molecular flexibility index (Phi) is 4.80. The molecule has 0 bridgehead atoms. The van der Waals surface area contributed by atoms with Gasteiger partial charge >= 0.3 is 0 Å². The highest BCUT2D eigenvalue weighted by Crippen LogP contribution is 2.31. The maximum atomic E-state index is 11.9. The van der Waals surface area contributed by atoms with Gasteiger partial charge in [-0.2, -0.15) is 0 Å². The van der Waals surface area contributed by atoms with Crippen molar-refractivity contribution in [2.75, 3.05) is 6.54 Å². The van der Waals surface area contributed by atoms with Crippen molar-refractivity contribution >= 4 is 37.3 Å². The molecule has 0 radical (unpaired) electrons. The molecule has 3 N–H and O–H groups in total. The standard InChI is InChI=1S/C7H9BrF2N2O2S2/c8-7-5(1-4(2-11)15-7)16(13,14)12-3-6(9)10/h1,6,12H,2-3,11H2. The Morgan fingerprint density at radius 3 is 2.62 bits per heavy atom. The Morgan fingerprint density at radius 1 is 1.56 bits per heavy atom. The molecule has 0 aromatic carbocycles. The Hall–Kier alpha value is -0.0900. The molecule has 16 heavy (non-hydrogen) atoms. The van der Waals surface area contributed by atoms with Gasteiger partial charge in [-0.1, -0.05) is 0 Å². The van der Waals surface area contributed by atoms with Crippen LogP contribution in [-0.4, -0.2) is 21.4 Å². The topological polar surface area (TPSA) is 72.2 Å². The first-order valence-electron chi connectivity index (χ1n) is 4.13. The van der Waals surface area contributed by atoms with E-state index in [4.69, 9.17) is 5.73 Å². The van der Waals surface area contributed by atoms with Crippen LogP contribution in [-0.2, 0) is 16.6 Å². The molecule has 0 saturated carbocycles. The fourth-order valence-corrected chi connectivity index (χ4v) is 4.50. The quantitative estimate of drug-likeness (QED) is 0.857. The molecular weight excluding hydrogens is 326 g/mol. The fourth-order valence-electron chi connectivity index (χ4n) is 0.932. The second-order valence-corrected chi connectivity index (χ2v) is 6.99. The lowest BCUT2D eigenvalue weighted by molar-refractivity contribution is 0.153. The molecule has 0 aliphatic carbocycles. The summed E-state index contributed by atoms with van der Waals surface area (Å²) >= 11 is 4.22. The average Bonchev–Trinajstić information content (AvgIpc) is 2.57. The van der Waals surface area contributed by atoms with Gasteiger partial charge in [0, 0.05) is 11.4 Å². The van der Waals surface area contributed by atoms with Crippen LogP contribution in [0.3, 0.4) is 0 Å². The zero-order valence-corrected chi connectivity index (χ0v) is 11.1. The highest BCUT2D eigenvalue weighted by Gasteiger charge is 2.21. The van der Waals surface area contributed by atoms with Crippen molar-refractivity contribution in [3.05, 3.63) is 14.7 Å². The molecule has 0 saturated heterocycles. The molecule has 92 valence electrons. The van der Waals surface area contributed by atoms with Crippen molar-refractivity contribution in [2.45, 2.75) is 17.9 Å². The highest BCUT2D eigenvalue weighted by atomic mass is 79.9. The molecule has 0 spiro atoms. The molecule has 1 aromatic heterocycles. The van der Waals surface area contributed by atoms with Gasteiger partial charge in [0.1, 0.15) is 4.90 Å². The molecule has 0 aliphatic rings. The van der Waals surface area contributed by atoms with E-state index in [0.717, 1.165) is 11.3 Å². The third-order valence-electron chi connectivity index (χ3n) is 1.62. The smallest absolute Gasteiger partial charge is 0.251 e. The second kappa shape index (κ2) is 5.50. The number of nitrogens with two attached hydrogens (primary N) is 1. The van der Waals surface area contributed by atoms with E-state index in [0.29, 0.717) is 8.66 Å². The fraction of sp³-hybridized carbons (Fsp3) is 0.429. The number of nitrogens with one attached hydrogen (secondary N) is 1. The largest absolute Gasteiger partial charge is 0.326 e. The minimum atomic E-state index is -3.90. The molecule has 0 atom stereocenters. The summed E-state index contributed by atoms with van der Waals surface area (Å²) in [5.74, 6) is 0.